The van der Waals surface area contributed by atoms with Crippen LogP contribution in [0.4, 0.5) is 4.79 Å². The van der Waals surface area contributed by atoms with Crippen LogP contribution in [0, 0.1) is 0 Å². The van der Waals surface area contributed by atoms with Crippen LogP contribution in [0.5, 0.6) is 0 Å². The monoisotopic (exact) mass is 537 g/mol. The normalized spacial score (nSPS) is 17.3. The highest BCUT2D eigenvalue weighted by atomic mass is 16.7. The van der Waals surface area contributed by atoms with E-state index in [4.69, 9.17) is 14.0 Å². The van der Waals surface area contributed by atoms with Crippen LogP contribution in [-0.2, 0) is 14.0 Å². The lowest BCUT2D eigenvalue weighted by Gasteiger charge is -2.32. The van der Waals surface area contributed by atoms with Crippen molar-refractivity contribution in [2.45, 2.75) is 58.2 Å². The summed E-state index contributed by atoms with van der Waals surface area (Å²) < 4.78 is 18.3. The first-order valence-corrected chi connectivity index (χ1v) is 13.9. The van der Waals surface area contributed by atoms with Crippen molar-refractivity contribution in [3.63, 3.8) is 0 Å². The molecule has 1 heterocycles. The average molecular weight is 537 g/mol. The van der Waals surface area contributed by atoms with Gasteiger partial charge in [0.15, 0.2) is 5.78 Å². The van der Waals surface area contributed by atoms with Crippen LogP contribution in [0.15, 0.2) is 78.3 Å². The van der Waals surface area contributed by atoms with Crippen molar-refractivity contribution >= 4 is 25.1 Å². The molecule has 2 aliphatic rings. The van der Waals surface area contributed by atoms with Gasteiger partial charge in [0.05, 0.1) is 11.2 Å². The highest BCUT2D eigenvalue weighted by Crippen LogP contribution is 2.44. The molecule has 40 heavy (non-hydrogen) atoms. The van der Waals surface area contributed by atoms with Gasteiger partial charge in [-0.2, -0.15) is 0 Å². The molecule has 0 bridgehead atoms. The fourth-order valence-corrected chi connectivity index (χ4v) is 5.24. The molecule has 1 aliphatic carbocycles. The van der Waals surface area contributed by atoms with Gasteiger partial charge in [0.2, 0.25) is 0 Å². The lowest BCUT2D eigenvalue weighted by molar-refractivity contribution is 0.00578. The van der Waals surface area contributed by atoms with Gasteiger partial charge in [0, 0.05) is 24.4 Å². The second kappa shape index (κ2) is 11.1. The van der Waals surface area contributed by atoms with Crippen molar-refractivity contribution in [2.24, 2.45) is 0 Å². The number of amides is 1. The van der Waals surface area contributed by atoms with Crippen molar-refractivity contribution in [1.82, 2.24) is 5.32 Å². The van der Waals surface area contributed by atoms with E-state index in [0.29, 0.717) is 12.0 Å². The zero-order valence-corrected chi connectivity index (χ0v) is 23.8. The maximum Gasteiger partial charge on any atom is 0.492 e. The van der Waals surface area contributed by atoms with E-state index in [1.807, 2.05) is 89.2 Å². The summed E-state index contributed by atoms with van der Waals surface area (Å²) in [5.41, 5.74) is 5.82. The first kappa shape index (κ1) is 27.9. The second-order valence-electron chi connectivity index (χ2n) is 11.4. The van der Waals surface area contributed by atoms with Crippen LogP contribution in [-0.4, -0.2) is 43.3 Å². The number of carbonyl (C=O) groups is 2. The number of rotatable bonds is 8. The van der Waals surface area contributed by atoms with E-state index in [9.17, 15) is 9.59 Å². The van der Waals surface area contributed by atoms with Crippen LogP contribution in [0.2, 0.25) is 0 Å². The van der Waals surface area contributed by atoms with Crippen LogP contribution in [0.3, 0.4) is 0 Å². The number of ether oxygens (including phenoxy) is 1. The van der Waals surface area contributed by atoms with Gasteiger partial charge in [0.1, 0.15) is 6.61 Å². The third kappa shape index (κ3) is 5.49. The molecular formula is C33H36BNO5. The minimum absolute atomic E-state index is 0.0184. The standard InChI is InChI=1S/C33H36BNO5/c1-6-30(36)23-13-11-12-22(18-23)19-24(34-39-32(2,3)33(4,5)40-34)20-35-31(37)38-21-29-27-16-9-7-14-25(27)26-15-8-10-17-28(26)29/h7-19,29H,6,20-21H2,1-5H3,(H,35,37). The molecule has 0 unspecified atom stereocenters. The molecular weight excluding hydrogens is 501 g/mol. The maximum atomic E-state index is 12.9. The molecule has 5 rings (SSSR count). The molecule has 3 aromatic carbocycles. The molecule has 1 saturated heterocycles. The van der Waals surface area contributed by atoms with Crippen molar-refractivity contribution in [2.75, 3.05) is 13.2 Å². The van der Waals surface area contributed by atoms with Crippen molar-refractivity contribution < 1.29 is 23.6 Å². The third-order valence-electron chi connectivity index (χ3n) is 8.22. The van der Waals surface area contributed by atoms with E-state index in [2.05, 4.69) is 29.6 Å². The van der Waals surface area contributed by atoms with E-state index in [0.717, 1.165) is 22.2 Å². The number of ketones is 1. The first-order chi connectivity index (χ1) is 19.1. The highest BCUT2D eigenvalue weighted by molar-refractivity contribution is 6.56. The zero-order valence-electron chi connectivity index (χ0n) is 23.8. The molecule has 1 aliphatic heterocycles. The predicted octanol–water partition coefficient (Wildman–Crippen LogP) is 6.83. The van der Waals surface area contributed by atoms with E-state index >= 15 is 0 Å². The number of fused-ring (bicyclic) bond motifs is 3. The number of nitrogens with one attached hydrogen (secondary N) is 1. The van der Waals surface area contributed by atoms with Gasteiger partial charge >= 0.3 is 13.2 Å². The summed E-state index contributed by atoms with van der Waals surface area (Å²) in [6.07, 6.45) is 1.83. The molecule has 3 aromatic rings. The third-order valence-corrected chi connectivity index (χ3v) is 8.22. The van der Waals surface area contributed by atoms with E-state index in [1.54, 1.807) is 0 Å². The Hall–Kier alpha value is -3.68. The highest BCUT2D eigenvalue weighted by Gasteiger charge is 2.52. The predicted molar refractivity (Wildman–Crippen MR) is 158 cm³/mol. The molecule has 1 amide bonds. The average Bonchev–Trinajstić information content (AvgIpc) is 3.38. The number of benzene rings is 3. The molecule has 206 valence electrons. The summed E-state index contributed by atoms with van der Waals surface area (Å²) in [7, 11) is -0.663. The Balaban J connectivity index is 1.32. The fourth-order valence-electron chi connectivity index (χ4n) is 5.24. The van der Waals surface area contributed by atoms with Crippen LogP contribution < -0.4 is 5.32 Å². The molecule has 0 saturated carbocycles. The number of hydrogen-bond donors (Lipinski definition) is 1. The largest absolute Gasteiger partial charge is 0.492 e. The number of hydrogen-bond acceptors (Lipinski definition) is 5. The van der Waals surface area contributed by atoms with Gasteiger partial charge < -0.3 is 19.4 Å². The molecule has 0 atom stereocenters. The summed E-state index contributed by atoms with van der Waals surface area (Å²) in [5.74, 6) is 0.0549. The van der Waals surface area contributed by atoms with Gasteiger partial charge in [-0.25, -0.2) is 4.79 Å². The quantitative estimate of drug-likeness (QED) is 0.252. The Morgan fingerprint density at radius 3 is 2.10 bits per heavy atom. The Morgan fingerprint density at radius 1 is 0.900 bits per heavy atom. The number of alkyl carbamates (subject to hydrolysis) is 1. The lowest BCUT2D eigenvalue weighted by atomic mass is 9.77. The molecule has 6 nitrogen and oxygen atoms in total. The molecule has 0 radical (unpaired) electrons. The van der Waals surface area contributed by atoms with Crippen LogP contribution >= 0.6 is 0 Å². The van der Waals surface area contributed by atoms with Crippen LogP contribution in [0.1, 0.15) is 74.0 Å². The summed E-state index contributed by atoms with van der Waals surface area (Å²) in [4.78, 5) is 25.2. The summed E-state index contributed by atoms with van der Waals surface area (Å²) in [6, 6.07) is 23.9. The molecule has 1 N–H and O–H groups in total. The minimum Gasteiger partial charge on any atom is -0.449 e. The second-order valence-corrected chi connectivity index (χ2v) is 11.4. The number of carbonyl (C=O) groups excluding carboxylic acids is 2. The van der Waals surface area contributed by atoms with E-state index in [-0.39, 0.29) is 24.9 Å². The SMILES string of the molecule is CCC(=O)c1cccc(C=C(CNC(=O)OCC2c3ccccc3-c3ccccc32)B2OC(C)(C)C(C)(C)O2)c1. The van der Waals surface area contributed by atoms with Gasteiger partial charge in [-0.15, -0.1) is 0 Å². The smallest absolute Gasteiger partial charge is 0.449 e. The minimum atomic E-state index is -0.663. The Labute approximate surface area is 236 Å². The van der Waals surface area contributed by atoms with Crippen LogP contribution in [0.25, 0.3) is 17.2 Å². The zero-order chi connectivity index (χ0) is 28.5. The lowest BCUT2D eigenvalue weighted by Crippen LogP contribution is -2.41. The van der Waals surface area contributed by atoms with Gasteiger partial charge in [0.25, 0.3) is 0 Å². The van der Waals surface area contributed by atoms with Crippen molar-refractivity contribution in [1.29, 1.82) is 0 Å². The Bertz CT molecular complexity index is 1400. The molecule has 1 fully saturated rings. The molecule has 0 aromatic heterocycles. The number of Topliss-reactive ketones (excluding diaryl/α,β-unsaturated/α-hetero) is 1. The van der Waals surface area contributed by atoms with Crippen molar-refractivity contribution in [3.05, 3.63) is 101 Å². The fraction of sp³-hybridized carbons (Fsp3) is 0.333. The van der Waals surface area contributed by atoms with Gasteiger partial charge in [-0.1, -0.05) is 79.7 Å². The van der Waals surface area contributed by atoms with Gasteiger partial charge in [-0.05, 0) is 67.1 Å². The molecule has 7 heteroatoms. The Kier molecular flexibility index (Phi) is 7.71. The van der Waals surface area contributed by atoms with Gasteiger partial charge in [-0.3, -0.25) is 4.79 Å². The Morgan fingerprint density at radius 2 is 1.50 bits per heavy atom. The summed E-state index contributed by atoms with van der Waals surface area (Å²) >= 11 is 0. The van der Waals surface area contributed by atoms with Crippen molar-refractivity contribution in [3.8, 4) is 11.1 Å². The first-order valence-electron chi connectivity index (χ1n) is 13.9. The van der Waals surface area contributed by atoms with E-state index in [1.165, 1.54) is 11.1 Å². The summed E-state index contributed by atoms with van der Waals surface area (Å²) in [6.45, 7) is 10.2. The topological polar surface area (TPSA) is 73.9 Å². The maximum absolute atomic E-state index is 12.9. The van der Waals surface area contributed by atoms with E-state index < -0.39 is 24.4 Å². The summed E-state index contributed by atoms with van der Waals surface area (Å²) in [5, 5.41) is 2.90. The molecule has 0 spiro atoms.